The SMILES string of the molecule is COC(C)C(CSCc1cnc2ccccc2c1)N(C=O)OP. The smallest absolute Gasteiger partial charge is 0.233 e. The van der Waals surface area contributed by atoms with Gasteiger partial charge in [0.25, 0.3) is 0 Å². The molecule has 0 aliphatic carbocycles. The van der Waals surface area contributed by atoms with Gasteiger partial charge in [0.15, 0.2) is 0 Å². The van der Waals surface area contributed by atoms with Crippen molar-refractivity contribution < 1.29 is 14.2 Å². The molecule has 23 heavy (non-hydrogen) atoms. The number of aromatic nitrogens is 1. The first-order chi connectivity index (χ1) is 11.2. The number of amides is 1. The number of rotatable bonds is 9. The maximum absolute atomic E-state index is 11.1. The van der Waals surface area contributed by atoms with Crippen molar-refractivity contribution in [3.05, 3.63) is 42.1 Å². The Morgan fingerprint density at radius 1 is 1.43 bits per heavy atom. The van der Waals surface area contributed by atoms with E-state index in [0.717, 1.165) is 22.2 Å². The van der Waals surface area contributed by atoms with Crippen LogP contribution in [0.1, 0.15) is 12.5 Å². The van der Waals surface area contributed by atoms with Crippen molar-refractivity contribution in [1.82, 2.24) is 10.0 Å². The van der Waals surface area contributed by atoms with Crippen LogP contribution in [-0.2, 0) is 19.9 Å². The maximum Gasteiger partial charge on any atom is 0.233 e. The molecular weight excluding hydrogens is 331 g/mol. The molecule has 2 aromatic rings. The van der Waals surface area contributed by atoms with Crippen LogP contribution in [0, 0.1) is 0 Å². The van der Waals surface area contributed by atoms with Gasteiger partial charge in [0, 0.05) is 39.7 Å². The second-order valence-corrected chi connectivity index (χ2v) is 6.37. The Hall–Kier alpha value is -1.20. The number of hydrogen-bond donors (Lipinski definition) is 0. The van der Waals surface area contributed by atoms with E-state index < -0.39 is 0 Å². The van der Waals surface area contributed by atoms with Gasteiger partial charge in [-0.2, -0.15) is 11.8 Å². The molecule has 1 aromatic carbocycles. The van der Waals surface area contributed by atoms with Gasteiger partial charge in [0.1, 0.15) is 0 Å². The van der Waals surface area contributed by atoms with E-state index in [2.05, 4.69) is 26.6 Å². The Labute approximate surface area is 143 Å². The van der Waals surface area contributed by atoms with E-state index >= 15 is 0 Å². The summed E-state index contributed by atoms with van der Waals surface area (Å²) < 4.78 is 10.4. The third kappa shape index (κ3) is 4.88. The molecule has 3 atom stereocenters. The fourth-order valence-corrected chi connectivity index (χ4v) is 3.62. The lowest BCUT2D eigenvalue weighted by atomic mass is 10.2. The van der Waals surface area contributed by atoms with E-state index in [1.54, 1.807) is 18.9 Å². The molecule has 2 rings (SSSR count). The van der Waals surface area contributed by atoms with Gasteiger partial charge in [-0.25, -0.2) is 5.06 Å². The Balaban J connectivity index is 1.98. The highest BCUT2D eigenvalue weighted by Gasteiger charge is 2.24. The molecular formula is C16H21N2O3PS. The van der Waals surface area contributed by atoms with E-state index in [4.69, 9.17) is 9.36 Å². The van der Waals surface area contributed by atoms with Crippen molar-refractivity contribution in [2.45, 2.75) is 24.8 Å². The molecule has 1 aromatic heterocycles. The Kier molecular flexibility index (Phi) is 7.24. The highest BCUT2D eigenvalue weighted by atomic mass is 32.2. The molecule has 0 aliphatic heterocycles. The number of benzene rings is 1. The average molecular weight is 352 g/mol. The third-order valence-corrected chi connectivity index (χ3v) is 5.03. The molecule has 0 saturated heterocycles. The second kappa shape index (κ2) is 9.18. The number of fused-ring (bicyclic) bond motifs is 1. The predicted molar refractivity (Wildman–Crippen MR) is 96.9 cm³/mol. The Morgan fingerprint density at radius 3 is 2.91 bits per heavy atom. The molecule has 3 unspecified atom stereocenters. The topological polar surface area (TPSA) is 51.7 Å². The third-order valence-electron chi connectivity index (χ3n) is 3.67. The fourth-order valence-electron chi connectivity index (χ4n) is 2.25. The summed E-state index contributed by atoms with van der Waals surface area (Å²) in [4.78, 5) is 15.6. The van der Waals surface area contributed by atoms with Crippen molar-refractivity contribution in [1.29, 1.82) is 0 Å². The largest absolute Gasteiger partial charge is 0.379 e. The zero-order valence-corrected chi connectivity index (χ0v) is 15.2. The van der Waals surface area contributed by atoms with E-state index in [1.807, 2.05) is 31.3 Å². The normalized spacial score (nSPS) is 13.7. The fraction of sp³-hybridized carbons (Fsp3) is 0.375. The maximum atomic E-state index is 11.1. The lowest BCUT2D eigenvalue weighted by molar-refractivity contribution is -0.153. The van der Waals surface area contributed by atoms with Crippen LogP contribution in [0.2, 0.25) is 0 Å². The number of ether oxygens (including phenoxy) is 1. The molecule has 0 aliphatic rings. The van der Waals surface area contributed by atoms with Crippen molar-refractivity contribution in [2.75, 3.05) is 12.9 Å². The molecule has 0 spiro atoms. The van der Waals surface area contributed by atoms with Gasteiger partial charge in [-0.15, -0.1) is 0 Å². The molecule has 0 bridgehead atoms. The van der Waals surface area contributed by atoms with Crippen LogP contribution in [0.15, 0.2) is 36.5 Å². The van der Waals surface area contributed by atoms with Crippen LogP contribution in [0.4, 0.5) is 0 Å². The number of hydroxylamine groups is 2. The molecule has 0 saturated carbocycles. The number of pyridine rings is 1. The average Bonchev–Trinajstić information content (AvgIpc) is 2.60. The summed E-state index contributed by atoms with van der Waals surface area (Å²) >= 11 is 1.72. The van der Waals surface area contributed by atoms with Gasteiger partial charge in [-0.05, 0) is 24.6 Å². The quantitative estimate of drug-likeness (QED) is 0.394. The first-order valence-corrected chi connectivity index (χ1v) is 8.87. The van der Waals surface area contributed by atoms with Crippen LogP contribution in [0.3, 0.4) is 0 Å². The monoisotopic (exact) mass is 352 g/mol. The summed E-state index contributed by atoms with van der Waals surface area (Å²) in [6.45, 7) is 1.92. The summed E-state index contributed by atoms with van der Waals surface area (Å²) in [6, 6.07) is 10.0. The van der Waals surface area contributed by atoms with Gasteiger partial charge in [0.05, 0.1) is 17.7 Å². The summed E-state index contributed by atoms with van der Waals surface area (Å²) in [5.41, 5.74) is 2.15. The summed E-state index contributed by atoms with van der Waals surface area (Å²) in [5.74, 6) is 1.52. The Bertz CT molecular complexity index is 644. The molecule has 0 fully saturated rings. The zero-order valence-electron chi connectivity index (χ0n) is 13.2. The standard InChI is InChI=1S/C16H21N2O3PS/c1-12(20-2)16(18(11-19)21-22)10-23-9-13-7-14-5-3-4-6-15(14)17-8-13/h3-8,11-12,16H,9-10,22H2,1-2H3. The van der Waals surface area contributed by atoms with E-state index in [9.17, 15) is 4.79 Å². The number of thioether (sulfide) groups is 1. The first kappa shape index (κ1) is 18.1. The van der Waals surface area contributed by atoms with Crippen molar-refractivity contribution in [2.24, 2.45) is 0 Å². The lowest BCUT2D eigenvalue weighted by Crippen LogP contribution is -2.42. The molecule has 1 amide bonds. The summed E-state index contributed by atoms with van der Waals surface area (Å²) in [7, 11) is 3.72. The van der Waals surface area contributed by atoms with E-state index in [1.165, 1.54) is 5.06 Å². The molecule has 7 heteroatoms. The predicted octanol–water partition coefficient (Wildman–Crippen LogP) is 3.05. The molecule has 124 valence electrons. The number of para-hydroxylation sites is 1. The van der Waals surface area contributed by atoms with Crippen LogP contribution in [0.25, 0.3) is 10.9 Å². The van der Waals surface area contributed by atoms with Crippen LogP contribution < -0.4 is 0 Å². The van der Waals surface area contributed by atoms with Crippen LogP contribution >= 0.6 is 21.2 Å². The minimum atomic E-state index is -0.159. The summed E-state index contributed by atoms with van der Waals surface area (Å²) in [6.07, 6.45) is 2.45. The van der Waals surface area contributed by atoms with Crippen molar-refractivity contribution >= 4 is 38.5 Å². The number of carbonyl (C=O) groups is 1. The second-order valence-electron chi connectivity index (χ2n) is 5.13. The molecule has 5 nitrogen and oxygen atoms in total. The van der Waals surface area contributed by atoms with E-state index in [0.29, 0.717) is 12.2 Å². The van der Waals surface area contributed by atoms with Gasteiger partial charge >= 0.3 is 0 Å². The molecule has 1 heterocycles. The molecule has 0 radical (unpaired) electrons. The van der Waals surface area contributed by atoms with Crippen LogP contribution in [-0.4, -0.2) is 41.5 Å². The Morgan fingerprint density at radius 2 is 2.22 bits per heavy atom. The zero-order chi connectivity index (χ0) is 16.7. The van der Waals surface area contributed by atoms with Gasteiger partial charge in [-0.3, -0.25) is 14.4 Å². The number of nitrogens with zero attached hydrogens (tertiary/aromatic N) is 2. The van der Waals surface area contributed by atoms with Crippen LogP contribution in [0.5, 0.6) is 0 Å². The van der Waals surface area contributed by atoms with Gasteiger partial charge in [0.2, 0.25) is 6.41 Å². The molecule has 0 N–H and O–H groups in total. The number of carbonyl (C=O) groups excluding carboxylic acids is 1. The highest BCUT2D eigenvalue weighted by molar-refractivity contribution is 7.98. The highest BCUT2D eigenvalue weighted by Crippen LogP contribution is 2.21. The number of hydrogen-bond acceptors (Lipinski definition) is 5. The van der Waals surface area contributed by atoms with Gasteiger partial charge < -0.3 is 4.74 Å². The summed E-state index contributed by atoms with van der Waals surface area (Å²) in [5, 5.41) is 2.40. The number of methoxy groups -OCH3 is 1. The minimum absolute atomic E-state index is 0.122. The van der Waals surface area contributed by atoms with Crippen molar-refractivity contribution in [3.8, 4) is 0 Å². The van der Waals surface area contributed by atoms with Gasteiger partial charge in [-0.1, -0.05) is 18.2 Å². The lowest BCUT2D eigenvalue weighted by Gasteiger charge is -2.29. The first-order valence-electron chi connectivity index (χ1n) is 7.24. The van der Waals surface area contributed by atoms with Crippen molar-refractivity contribution in [3.63, 3.8) is 0 Å². The van der Waals surface area contributed by atoms with E-state index in [-0.39, 0.29) is 12.1 Å². The minimum Gasteiger partial charge on any atom is -0.379 e.